The summed E-state index contributed by atoms with van der Waals surface area (Å²) in [5, 5.41) is 1.24. The van der Waals surface area contributed by atoms with Crippen molar-refractivity contribution < 1.29 is 0 Å². The quantitative estimate of drug-likeness (QED) is 0.651. The van der Waals surface area contributed by atoms with E-state index in [0.717, 1.165) is 11.3 Å². The number of hydrogen-bond donors (Lipinski definition) is 1. The second kappa shape index (κ2) is 3.49. The predicted molar refractivity (Wildman–Crippen MR) is 66.3 cm³/mol. The molecule has 2 nitrogen and oxygen atoms in total. The van der Waals surface area contributed by atoms with Crippen LogP contribution in [0.25, 0.3) is 22.2 Å². The Morgan fingerprint density at radius 1 is 1.06 bits per heavy atom. The molecule has 2 heterocycles. The number of pyridine rings is 1. The van der Waals surface area contributed by atoms with E-state index in [-0.39, 0.29) is 0 Å². The minimum atomic E-state index is 1.01. The van der Waals surface area contributed by atoms with E-state index < -0.39 is 0 Å². The molecule has 0 spiro atoms. The fourth-order valence-electron chi connectivity index (χ4n) is 2.03. The molecule has 0 amide bonds. The molecule has 0 atom stereocenters. The van der Waals surface area contributed by atoms with E-state index in [4.69, 9.17) is 0 Å². The molecular formula is C14H12N2. The average Bonchev–Trinajstić information content (AvgIpc) is 2.70. The topological polar surface area (TPSA) is 28.7 Å². The molecule has 0 aliphatic rings. The lowest BCUT2D eigenvalue weighted by Crippen LogP contribution is -1.83. The van der Waals surface area contributed by atoms with Crippen molar-refractivity contribution >= 4 is 10.9 Å². The summed E-state index contributed by atoms with van der Waals surface area (Å²) in [6.45, 7) is 2.07. The molecule has 1 aromatic carbocycles. The van der Waals surface area contributed by atoms with Crippen molar-refractivity contribution in [2.45, 2.75) is 6.92 Å². The van der Waals surface area contributed by atoms with Crippen molar-refractivity contribution in [2.24, 2.45) is 0 Å². The number of fused-ring (bicyclic) bond motifs is 1. The zero-order valence-corrected chi connectivity index (χ0v) is 9.07. The van der Waals surface area contributed by atoms with Crippen molar-refractivity contribution in [3.8, 4) is 11.3 Å². The summed E-state index contributed by atoms with van der Waals surface area (Å²) in [4.78, 5) is 7.77. The van der Waals surface area contributed by atoms with Gasteiger partial charge in [-0.05, 0) is 25.1 Å². The van der Waals surface area contributed by atoms with Crippen LogP contribution in [-0.2, 0) is 0 Å². The summed E-state index contributed by atoms with van der Waals surface area (Å²) in [5.41, 5.74) is 4.51. The Kier molecular flexibility index (Phi) is 2.00. The number of nitrogens with zero attached hydrogens (tertiary/aromatic N) is 1. The van der Waals surface area contributed by atoms with Crippen molar-refractivity contribution in [1.29, 1.82) is 0 Å². The Balaban J connectivity index is 2.31. The minimum Gasteiger partial charge on any atom is -0.358 e. The first-order chi connectivity index (χ1) is 7.84. The number of nitrogens with one attached hydrogen (secondary N) is 1. The van der Waals surface area contributed by atoms with E-state index in [0.29, 0.717) is 0 Å². The number of aromatic nitrogens is 2. The molecule has 3 rings (SSSR count). The summed E-state index contributed by atoms with van der Waals surface area (Å²) >= 11 is 0. The van der Waals surface area contributed by atoms with Gasteiger partial charge in [-0.25, -0.2) is 0 Å². The van der Waals surface area contributed by atoms with Crippen LogP contribution in [0.2, 0.25) is 0 Å². The van der Waals surface area contributed by atoms with Gasteiger partial charge in [-0.1, -0.05) is 24.3 Å². The van der Waals surface area contributed by atoms with E-state index in [1.54, 1.807) is 0 Å². The highest BCUT2D eigenvalue weighted by atomic mass is 14.7. The molecule has 3 aromatic rings. The van der Waals surface area contributed by atoms with Crippen molar-refractivity contribution in [3.63, 3.8) is 0 Å². The van der Waals surface area contributed by atoms with E-state index >= 15 is 0 Å². The third kappa shape index (κ3) is 1.39. The zero-order valence-electron chi connectivity index (χ0n) is 9.07. The predicted octanol–water partition coefficient (Wildman–Crippen LogP) is 3.54. The highest BCUT2D eigenvalue weighted by molar-refractivity contribution is 5.93. The number of para-hydroxylation sites is 1. The van der Waals surface area contributed by atoms with Gasteiger partial charge in [-0.3, -0.25) is 4.98 Å². The number of aromatic amines is 1. The Labute approximate surface area is 94.0 Å². The van der Waals surface area contributed by atoms with Crippen LogP contribution in [0.3, 0.4) is 0 Å². The van der Waals surface area contributed by atoms with Gasteiger partial charge in [0.1, 0.15) is 0 Å². The van der Waals surface area contributed by atoms with Crippen molar-refractivity contribution in [3.05, 3.63) is 54.4 Å². The SMILES string of the molecule is Cc1cc2cccc(-c3ccccn3)c2[nH]1. The first kappa shape index (κ1) is 9.16. The number of aryl methyl sites for hydroxylation is 1. The molecule has 2 heteroatoms. The number of benzene rings is 1. The fourth-order valence-corrected chi connectivity index (χ4v) is 2.03. The summed E-state index contributed by atoms with van der Waals surface area (Å²) in [5.74, 6) is 0. The third-order valence-corrected chi connectivity index (χ3v) is 2.73. The van der Waals surface area contributed by atoms with Crippen LogP contribution in [0.4, 0.5) is 0 Å². The molecule has 0 aliphatic carbocycles. The summed E-state index contributed by atoms with van der Waals surface area (Å²) in [6.07, 6.45) is 1.82. The van der Waals surface area contributed by atoms with Gasteiger partial charge in [-0.2, -0.15) is 0 Å². The van der Waals surface area contributed by atoms with Gasteiger partial charge in [0.15, 0.2) is 0 Å². The molecule has 0 bridgehead atoms. The summed E-state index contributed by atoms with van der Waals surface area (Å²) in [6, 6.07) is 14.4. The molecule has 78 valence electrons. The maximum atomic E-state index is 4.39. The Bertz CT molecular complexity index is 624. The molecule has 0 aliphatic heterocycles. The minimum absolute atomic E-state index is 1.01. The van der Waals surface area contributed by atoms with Gasteiger partial charge < -0.3 is 4.98 Å². The van der Waals surface area contributed by atoms with Crippen LogP contribution in [-0.4, -0.2) is 9.97 Å². The highest BCUT2D eigenvalue weighted by Gasteiger charge is 2.05. The van der Waals surface area contributed by atoms with Gasteiger partial charge >= 0.3 is 0 Å². The van der Waals surface area contributed by atoms with Gasteiger partial charge in [0.2, 0.25) is 0 Å². The smallest absolute Gasteiger partial charge is 0.0723 e. The van der Waals surface area contributed by atoms with E-state index in [2.05, 4.69) is 41.2 Å². The van der Waals surface area contributed by atoms with Crippen LogP contribution in [0, 0.1) is 6.92 Å². The third-order valence-electron chi connectivity index (χ3n) is 2.73. The van der Waals surface area contributed by atoms with Crippen LogP contribution < -0.4 is 0 Å². The number of hydrogen-bond acceptors (Lipinski definition) is 1. The normalized spacial score (nSPS) is 10.8. The molecule has 0 saturated carbocycles. The monoisotopic (exact) mass is 208 g/mol. The lowest BCUT2D eigenvalue weighted by Gasteiger charge is -2.01. The first-order valence-corrected chi connectivity index (χ1v) is 5.34. The zero-order chi connectivity index (χ0) is 11.0. The Hall–Kier alpha value is -2.09. The van der Waals surface area contributed by atoms with Crippen LogP contribution in [0.5, 0.6) is 0 Å². The van der Waals surface area contributed by atoms with Gasteiger partial charge in [-0.15, -0.1) is 0 Å². The number of H-pyrrole nitrogens is 1. The van der Waals surface area contributed by atoms with Crippen LogP contribution in [0.1, 0.15) is 5.69 Å². The Morgan fingerprint density at radius 3 is 2.81 bits per heavy atom. The lowest BCUT2D eigenvalue weighted by atomic mass is 10.1. The first-order valence-electron chi connectivity index (χ1n) is 5.34. The van der Waals surface area contributed by atoms with Crippen LogP contribution in [0.15, 0.2) is 48.7 Å². The Morgan fingerprint density at radius 2 is 2.00 bits per heavy atom. The molecular weight excluding hydrogens is 196 g/mol. The van der Waals surface area contributed by atoms with Gasteiger partial charge in [0, 0.05) is 22.8 Å². The van der Waals surface area contributed by atoms with E-state index in [9.17, 15) is 0 Å². The second-order valence-electron chi connectivity index (χ2n) is 3.94. The maximum absolute atomic E-state index is 4.39. The lowest BCUT2D eigenvalue weighted by molar-refractivity contribution is 1.29. The van der Waals surface area contributed by atoms with Crippen LogP contribution >= 0.6 is 0 Å². The van der Waals surface area contributed by atoms with E-state index in [1.165, 1.54) is 16.6 Å². The summed E-state index contributed by atoms with van der Waals surface area (Å²) < 4.78 is 0. The van der Waals surface area contributed by atoms with Gasteiger partial charge in [0.25, 0.3) is 0 Å². The molecule has 2 aromatic heterocycles. The molecule has 0 fully saturated rings. The highest BCUT2D eigenvalue weighted by Crippen LogP contribution is 2.26. The summed E-state index contributed by atoms with van der Waals surface area (Å²) in [7, 11) is 0. The maximum Gasteiger partial charge on any atom is 0.0723 e. The molecule has 0 unspecified atom stereocenters. The van der Waals surface area contributed by atoms with Crippen molar-refractivity contribution in [1.82, 2.24) is 9.97 Å². The molecule has 16 heavy (non-hydrogen) atoms. The fraction of sp³-hybridized carbons (Fsp3) is 0.0714. The van der Waals surface area contributed by atoms with E-state index in [1.807, 2.05) is 24.4 Å². The molecule has 1 N–H and O–H groups in total. The largest absolute Gasteiger partial charge is 0.358 e. The molecule has 0 saturated heterocycles. The molecule has 0 radical (unpaired) electrons. The standard InChI is InChI=1S/C14H12N2/c1-10-9-11-5-4-6-12(14(11)16-10)13-7-2-3-8-15-13/h2-9,16H,1H3. The average molecular weight is 208 g/mol. The van der Waals surface area contributed by atoms with Crippen molar-refractivity contribution in [2.75, 3.05) is 0 Å². The van der Waals surface area contributed by atoms with Gasteiger partial charge in [0.05, 0.1) is 11.2 Å². The number of rotatable bonds is 1. The second-order valence-corrected chi connectivity index (χ2v) is 3.94.